The fraction of sp³-hybridized carbons (Fsp3) is 0.375. The summed E-state index contributed by atoms with van der Waals surface area (Å²) in [4.78, 5) is 21.7. The molecule has 1 aliphatic carbocycles. The SMILES string of the molecule is CC(C)C1=CC(=NS(=O)(=O)c2cccc([N+](=O)[O-])c2)[C@](C)(Br)[C@H](Br)C1=O. The summed E-state index contributed by atoms with van der Waals surface area (Å²) in [6, 6.07) is 4.68. The van der Waals surface area contributed by atoms with Gasteiger partial charge >= 0.3 is 0 Å². The van der Waals surface area contributed by atoms with Gasteiger partial charge in [0.2, 0.25) is 0 Å². The van der Waals surface area contributed by atoms with Gasteiger partial charge in [0.05, 0.1) is 24.7 Å². The van der Waals surface area contributed by atoms with Crippen molar-refractivity contribution in [3.05, 3.63) is 46.0 Å². The molecular weight excluding hydrogens is 492 g/mol. The second kappa shape index (κ2) is 7.32. The minimum atomic E-state index is -4.20. The molecule has 0 fully saturated rings. The predicted octanol–water partition coefficient (Wildman–Crippen LogP) is 3.81. The second-order valence-corrected chi connectivity index (χ2v) is 10.4. The molecule has 0 heterocycles. The van der Waals surface area contributed by atoms with Crippen molar-refractivity contribution in [2.75, 3.05) is 0 Å². The molecule has 1 aliphatic rings. The van der Waals surface area contributed by atoms with Crippen LogP contribution in [0.25, 0.3) is 0 Å². The van der Waals surface area contributed by atoms with E-state index in [-0.39, 0.29) is 28.0 Å². The van der Waals surface area contributed by atoms with Gasteiger partial charge in [-0.25, -0.2) is 0 Å². The van der Waals surface area contributed by atoms with Gasteiger partial charge in [0, 0.05) is 17.7 Å². The molecular formula is C16H16Br2N2O5S. The predicted molar refractivity (Wildman–Crippen MR) is 106 cm³/mol. The molecule has 1 aromatic carbocycles. The molecule has 0 amide bonds. The number of carbonyl (C=O) groups excluding carboxylic acids is 1. The summed E-state index contributed by atoms with van der Waals surface area (Å²) in [6.45, 7) is 5.29. The lowest BCUT2D eigenvalue weighted by Gasteiger charge is -2.33. The number of alkyl halides is 2. The number of sulfonamides is 1. The Bertz CT molecular complexity index is 936. The summed E-state index contributed by atoms with van der Waals surface area (Å²) in [6.07, 6.45) is 1.47. The molecule has 2 atom stereocenters. The van der Waals surface area contributed by atoms with Gasteiger partial charge in [0.25, 0.3) is 15.7 Å². The Kier molecular flexibility index (Phi) is 5.89. The average Bonchev–Trinajstić information content (AvgIpc) is 2.55. The van der Waals surface area contributed by atoms with Gasteiger partial charge in [-0.1, -0.05) is 51.8 Å². The molecule has 0 saturated carbocycles. The topological polar surface area (TPSA) is 107 Å². The number of nitrogens with zero attached hydrogens (tertiary/aromatic N) is 2. The van der Waals surface area contributed by atoms with Crippen LogP contribution in [0.2, 0.25) is 0 Å². The first kappa shape index (κ1) is 20.9. The molecule has 10 heteroatoms. The zero-order chi connectivity index (χ0) is 19.9. The molecule has 7 nitrogen and oxygen atoms in total. The van der Waals surface area contributed by atoms with E-state index in [4.69, 9.17) is 0 Å². The fourth-order valence-electron chi connectivity index (χ4n) is 2.39. The quantitative estimate of drug-likeness (QED) is 0.350. The lowest BCUT2D eigenvalue weighted by molar-refractivity contribution is -0.385. The number of rotatable bonds is 4. The van der Waals surface area contributed by atoms with Crippen LogP contribution in [0.1, 0.15) is 20.8 Å². The van der Waals surface area contributed by atoms with Crippen molar-refractivity contribution in [1.29, 1.82) is 0 Å². The molecule has 140 valence electrons. The van der Waals surface area contributed by atoms with Crippen LogP contribution in [0.4, 0.5) is 5.69 Å². The van der Waals surface area contributed by atoms with E-state index in [9.17, 15) is 23.3 Å². The van der Waals surface area contributed by atoms with Crippen molar-refractivity contribution in [3.63, 3.8) is 0 Å². The number of ketones is 1. The summed E-state index contributed by atoms with van der Waals surface area (Å²) in [5.41, 5.74) is 0.259. The van der Waals surface area contributed by atoms with E-state index in [1.54, 1.807) is 6.92 Å². The summed E-state index contributed by atoms with van der Waals surface area (Å²) >= 11 is 6.71. The number of hydrogen-bond acceptors (Lipinski definition) is 5. The Hall–Kier alpha value is -1.39. The second-order valence-electron chi connectivity index (χ2n) is 6.26. The van der Waals surface area contributed by atoms with Gasteiger partial charge in [-0.3, -0.25) is 14.9 Å². The highest BCUT2D eigenvalue weighted by Gasteiger charge is 2.45. The Morgan fingerprint density at radius 3 is 2.50 bits per heavy atom. The summed E-state index contributed by atoms with van der Waals surface area (Å²) < 4.78 is 28.2. The van der Waals surface area contributed by atoms with Crippen LogP contribution < -0.4 is 0 Å². The van der Waals surface area contributed by atoms with E-state index in [1.165, 1.54) is 24.3 Å². The number of carbonyl (C=O) groups is 1. The molecule has 0 aromatic heterocycles. The molecule has 0 spiro atoms. The number of halogens is 2. The molecule has 0 saturated heterocycles. The molecule has 0 N–H and O–H groups in total. The highest BCUT2D eigenvalue weighted by atomic mass is 79.9. The molecule has 0 aliphatic heterocycles. The largest absolute Gasteiger partial charge is 0.293 e. The fourth-order valence-corrected chi connectivity index (χ4v) is 4.54. The highest BCUT2D eigenvalue weighted by molar-refractivity contribution is 9.13. The van der Waals surface area contributed by atoms with Crippen LogP contribution >= 0.6 is 31.9 Å². The monoisotopic (exact) mass is 506 g/mol. The first-order chi connectivity index (χ1) is 11.9. The molecule has 26 heavy (non-hydrogen) atoms. The maximum absolute atomic E-state index is 12.7. The number of Topliss-reactive ketones (excluding diaryl/α,β-unsaturated/α-hetero) is 1. The third-order valence-corrected chi connectivity index (χ3v) is 8.05. The van der Waals surface area contributed by atoms with Gasteiger partial charge in [-0.15, -0.1) is 0 Å². The van der Waals surface area contributed by atoms with Crippen molar-refractivity contribution in [3.8, 4) is 0 Å². The number of nitro groups is 1. The summed E-state index contributed by atoms with van der Waals surface area (Å²) in [7, 11) is -4.20. The average molecular weight is 508 g/mol. The first-order valence-corrected chi connectivity index (χ1v) is 10.7. The highest BCUT2D eigenvalue weighted by Crippen LogP contribution is 2.38. The van der Waals surface area contributed by atoms with E-state index in [1.807, 2.05) is 13.8 Å². The molecule has 2 rings (SSSR count). The molecule has 0 unspecified atom stereocenters. The van der Waals surface area contributed by atoms with Crippen molar-refractivity contribution < 1.29 is 18.1 Å². The number of allylic oxidation sites excluding steroid dienone is 2. The smallest absolute Gasteiger partial charge is 0.282 e. The minimum Gasteiger partial charge on any atom is -0.293 e. The van der Waals surface area contributed by atoms with Gasteiger partial charge in [0.1, 0.15) is 0 Å². The van der Waals surface area contributed by atoms with Gasteiger partial charge in [-0.2, -0.15) is 12.8 Å². The lowest BCUT2D eigenvalue weighted by Crippen LogP contribution is -2.47. The van der Waals surface area contributed by atoms with E-state index >= 15 is 0 Å². The molecule has 0 bridgehead atoms. The zero-order valence-electron chi connectivity index (χ0n) is 14.1. The van der Waals surface area contributed by atoms with E-state index in [2.05, 4.69) is 36.3 Å². The Labute approximate surface area is 168 Å². The van der Waals surface area contributed by atoms with Crippen LogP contribution in [-0.4, -0.2) is 34.0 Å². The maximum atomic E-state index is 12.7. The van der Waals surface area contributed by atoms with Crippen LogP contribution in [0.3, 0.4) is 0 Å². The van der Waals surface area contributed by atoms with Crippen LogP contribution in [0.15, 0.2) is 45.2 Å². The summed E-state index contributed by atoms with van der Waals surface area (Å²) in [5.74, 6) is -0.261. The van der Waals surface area contributed by atoms with E-state index in [0.29, 0.717) is 5.57 Å². The minimum absolute atomic E-state index is 0.114. The van der Waals surface area contributed by atoms with E-state index < -0.39 is 24.1 Å². The van der Waals surface area contributed by atoms with Crippen LogP contribution in [0.5, 0.6) is 0 Å². The standard InChI is InChI=1S/C16H16Br2N2O5S/c1-9(2)12-8-13(16(3,18)15(17)14(12)21)19-26(24,25)11-6-4-5-10(7-11)20(22)23/h4-9,15H,1-3H3/t15-,16+/m1/s1. The van der Waals surface area contributed by atoms with Crippen molar-refractivity contribution >= 4 is 59.1 Å². The summed E-state index contributed by atoms with van der Waals surface area (Å²) in [5, 5.41) is 10.9. The van der Waals surface area contributed by atoms with Gasteiger partial charge in [0.15, 0.2) is 5.78 Å². The lowest BCUT2D eigenvalue weighted by atomic mass is 9.83. The van der Waals surface area contributed by atoms with Crippen molar-refractivity contribution in [2.24, 2.45) is 10.3 Å². The van der Waals surface area contributed by atoms with Gasteiger partial charge < -0.3 is 0 Å². The number of non-ortho nitro benzene ring substituents is 1. The number of nitro benzene ring substituents is 1. The number of benzene rings is 1. The zero-order valence-corrected chi connectivity index (χ0v) is 18.1. The Morgan fingerprint density at radius 1 is 1.35 bits per heavy atom. The molecule has 0 radical (unpaired) electrons. The third-order valence-electron chi connectivity index (χ3n) is 3.95. The third kappa shape index (κ3) is 3.96. The van der Waals surface area contributed by atoms with Gasteiger partial charge in [-0.05, 0) is 25.0 Å². The Balaban J connectivity index is 2.63. The van der Waals surface area contributed by atoms with Crippen LogP contribution in [-0.2, 0) is 14.8 Å². The molecule has 1 aromatic rings. The Morgan fingerprint density at radius 2 is 1.96 bits per heavy atom. The number of hydrogen-bond donors (Lipinski definition) is 0. The van der Waals surface area contributed by atoms with Crippen LogP contribution in [0, 0.1) is 16.0 Å². The van der Waals surface area contributed by atoms with Crippen molar-refractivity contribution in [1.82, 2.24) is 0 Å². The van der Waals surface area contributed by atoms with Crippen molar-refractivity contribution in [2.45, 2.75) is 34.8 Å². The van der Waals surface area contributed by atoms with E-state index in [0.717, 1.165) is 6.07 Å². The maximum Gasteiger partial charge on any atom is 0.282 e. The normalized spacial score (nSPS) is 25.5. The first-order valence-electron chi connectivity index (χ1n) is 7.56.